The first-order chi connectivity index (χ1) is 8.86. The third-order valence-electron chi connectivity index (χ3n) is 4.85. The smallest absolute Gasteiger partial charge is 0.0483 e. The molecular formula is C16H20N2. The minimum absolute atomic E-state index is 0.689. The number of rotatable bonds is 0. The zero-order valence-corrected chi connectivity index (χ0v) is 11.0. The number of hydrogen-bond donors (Lipinski definition) is 0. The maximum atomic E-state index is 2.71. The Labute approximate surface area is 108 Å². The summed E-state index contributed by atoms with van der Waals surface area (Å²) < 4.78 is 2.43. The summed E-state index contributed by atoms with van der Waals surface area (Å²) in [5.41, 5.74) is 4.63. The largest absolute Gasteiger partial charge is 0.347 e. The average Bonchev–Trinajstić information content (AvgIpc) is 2.73. The van der Waals surface area contributed by atoms with E-state index in [2.05, 4.69) is 40.8 Å². The van der Waals surface area contributed by atoms with Gasteiger partial charge in [0.25, 0.3) is 0 Å². The van der Waals surface area contributed by atoms with Crippen molar-refractivity contribution in [3.63, 3.8) is 0 Å². The molecule has 2 aliphatic rings. The van der Waals surface area contributed by atoms with Gasteiger partial charge >= 0.3 is 0 Å². The summed E-state index contributed by atoms with van der Waals surface area (Å²) in [7, 11) is 2.24. The number of nitrogens with zero attached hydrogens (tertiary/aromatic N) is 2. The van der Waals surface area contributed by atoms with E-state index in [1.165, 1.54) is 49.7 Å². The Kier molecular flexibility index (Phi) is 2.28. The number of benzene rings is 1. The zero-order chi connectivity index (χ0) is 12.1. The fourth-order valence-corrected chi connectivity index (χ4v) is 3.98. The molecule has 2 nitrogen and oxygen atoms in total. The van der Waals surface area contributed by atoms with Crippen LogP contribution < -0.4 is 0 Å². The quantitative estimate of drug-likeness (QED) is 0.686. The van der Waals surface area contributed by atoms with Gasteiger partial charge in [-0.1, -0.05) is 24.6 Å². The summed E-state index contributed by atoms with van der Waals surface area (Å²) in [5.74, 6) is 0. The molecule has 2 aromatic rings. The Balaban J connectivity index is 1.97. The highest BCUT2D eigenvalue weighted by Crippen LogP contribution is 2.41. The molecule has 0 radical (unpaired) electrons. The van der Waals surface area contributed by atoms with E-state index in [1.807, 2.05) is 0 Å². The van der Waals surface area contributed by atoms with Gasteiger partial charge < -0.3 is 4.57 Å². The topological polar surface area (TPSA) is 8.17 Å². The Morgan fingerprint density at radius 1 is 1.11 bits per heavy atom. The average molecular weight is 240 g/mol. The highest BCUT2D eigenvalue weighted by Gasteiger charge is 2.32. The lowest BCUT2D eigenvalue weighted by Gasteiger charge is -2.39. The van der Waals surface area contributed by atoms with E-state index < -0.39 is 0 Å². The van der Waals surface area contributed by atoms with Gasteiger partial charge in [0, 0.05) is 42.7 Å². The van der Waals surface area contributed by atoms with E-state index in [-0.39, 0.29) is 0 Å². The first kappa shape index (κ1) is 10.6. The number of para-hydroxylation sites is 1. The molecule has 94 valence electrons. The van der Waals surface area contributed by atoms with Crippen LogP contribution in [-0.2, 0) is 13.5 Å². The summed E-state index contributed by atoms with van der Waals surface area (Å²) in [4.78, 5) is 2.71. The molecule has 1 aromatic heterocycles. The van der Waals surface area contributed by atoms with Crippen molar-refractivity contribution in [3.05, 3.63) is 35.5 Å². The molecule has 1 unspecified atom stereocenters. The van der Waals surface area contributed by atoms with Gasteiger partial charge in [-0.25, -0.2) is 0 Å². The number of aromatic nitrogens is 1. The van der Waals surface area contributed by atoms with Crippen molar-refractivity contribution in [2.45, 2.75) is 31.7 Å². The molecule has 0 N–H and O–H groups in total. The third-order valence-corrected chi connectivity index (χ3v) is 4.85. The molecule has 2 aliphatic heterocycles. The molecule has 18 heavy (non-hydrogen) atoms. The van der Waals surface area contributed by atoms with Gasteiger partial charge in [-0.3, -0.25) is 4.90 Å². The second-order valence-electron chi connectivity index (χ2n) is 5.73. The Hall–Kier alpha value is -1.28. The van der Waals surface area contributed by atoms with E-state index >= 15 is 0 Å². The molecule has 0 spiro atoms. The third kappa shape index (κ3) is 1.33. The summed E-state index contributed by atoms with van der Waals surface area (Å²) >= 11 is 0. The SMILES string of the molecule is Cn1c2c(c3ccccc31)C1CCCCN1CC2. The van der Waals surface area contributed by atoms with Crippen LogP contribution in [0, 0.1) is 0 Å². The predicted molar refractivity (Wildman–Crippen MR) is 74.8 cm³/mol. The van der Waals surface area contributed by atoms with E-state index in [9.17, 15) is 0 Å². The van der Waals surface area contributed by atoms with E-state index in [0.29, 0.717) is 6.04 Å². The van der Waals surface area contributed by atoms with Crippen molar-refractivity contribution in [1.82, 2.24) is 9.47 Å². The van der Waals surface area contributed by atoms with E-state index in [1.54, 1.807) is 11.3 Å². The molecule has 0 aliphatic carbocycles. The van der Waals surface area contributed by atoms with Crippen molar-refractivity contribution in [1.29, 1.82) is 0 Å². The van der Waals surface area contributed by atoms with Crippen molar-refractivity contribution in [2.24, 2.45) is 7.05 Å². The number of aryl methyl sites for hydroxylation is 1. The second-order valence-corrected chi connectivity index (χ2v) is 5.73. The molecule has 1 atom stereocenters. The Morgan fingerprint density at radius 2 is 2.00 bits per heavy atom. The minimum atomic E-state index is 0.689. The van der Waals surface area contributed by atoms with Crippen LogP contribution in [0.4, 0.5) is 0 Å². The van der Waals surface area contributed by atoms with Crippen LogP contribution in [0.15, 0.2) is 24.3 Å². The zero-order valence-electron chi connectivity index (χ0n) is 11.0. The molecule has 1 aromatic carbocycles. The fraction of sp³-hybridized carbons (Fsp3) is 0.500. The van der Waals surface area contributed by atoms with Crippen molar-refractivity contribution in [3.8, 4) is 0 Å². The van der Waals surface area contributed by atoms with Gasteiger partial charge in [-0.05, 0) is 31.0 Å². The van der Waals surface area contributed by atoms with Crippen molar-refractivity contribution < 1.29 is 0 Å². The lowest BCUT2D eigenvalue weighted by atomic mass is 9.89. The summed E-state index contributed by atoms with van der Waals surface area (Å²) in [5, 5.41) is 1.49. The molecular weight excluding hydrogens is 220 g/mol. The molecule has 1 fully saturated rings. The number of fused-ring (bicyclic) bond motifs is 5. The summed E-state index contributed by atoms with van der Waals surface area (Å²) in [6.07, 6.45) is 5.35. The second kappa shape index (κ2) is 3.86. The highest BCUT2D eigenvalue weighted by atomic mass is 15.2. The first-order valence-corrected chi connectivity index (χ1v) is 7.16. The van der Waals surface area contributed by atoms with Crippen molar-refractivity contribution in [2.75, 3.05) is 13.1 Å². The van der Waals surface area contributed by atoms with E-state index in [4.69, 9.17) is 0 Å². The molecule has 0 saturated carbocycles. The monoisotopic (exact) mass is 240 g/mol. The van der Waals surface area contributed by atoms with Gasteiger partial charge in [0.1, 0.15) is 0 Å². The summed E-state index contributed by atoms with van der Waals surface area (Å²) in [6, 6.07) is 9.61. The molecule has 4 rings (SSSR count). The van der Waals surface area contributed by atoms with Crippen LogP contribution >= 0.6 is 0 Å². The summed E-state index contributed by atoms with van der Waals surface area (Å²) in [6.45, 7) is 2.55. The van der Waals surface area contributed by atoms with Crippen LogP contribution in [-0.4, -0.2) is 22.6 Å². The predicted octanol–water partition coefficient (Wildman–Crippen LogP) is 3.26. The van der Waals surface area contributed by atoms with Gasteiger partial charge in [0.2, 0.25) is 0 Å². The van der Waals surface area contributed by atoms with Crippen LogP contribution in [0.1, 0.15) is 36.6 Å². The lowest BCUT2D eigenvalue weighted by Crippen LogP contribution is -2.38. The van der Waals surface area contributed by atoms with Crippen LogP contribution in [0.2, 0.25) is 0 Å². The standard InChI is InChI=1S/C16H20N2/c1-17-13-7-3-2-6-12(13)16-14(17)9-11-18-10-5-4-8-15(16)18/h2-3,6-7,15H,4-5,8-11H2,1H3. The molecule has 2 heteroatoms. The molecule has 0 bridgehead atoms. The first-order valence-electron chi connectivity index (χ1n) is 7.16. The Bertz CT molecular complexity index is 596. The number of piperidine rings is 1. The maximum Gasteiger partial charge on any atom is 0.0483 e. The van der Waals surface area contributed by atoms with Gasteiger partial charge in [0.05, 0.1) is 0 Å². The van der Waals surface area contributed by atoms with E-state index in [0.717, 1.165) is 0 Å². The highest BCUT2D eigenvalue weighted by molar-refractivity contribution is 5.86. The number of hydrogen-bond acceptors (Lipinski definition) is 1. The maximum absolute atomic E-state index is 2.71. The molecule has 0 amide bonds. The normalized spacial score (nSPS) is 23.9. The lowest BCUT2D eigenvalue weighted by molar-refractivity contribution is 0.138. The van der Waals surface area contributed by atoms with Crippen LogP contribution in [0.5, 0.6) is 0 Å². The van der Waals surface area contributed by atoms with Crippen molar-refractivity contribution >= 4 is 10.9 Å². The molecule has 3 heterocycles. The fourth-order valence-electron chi connectivity index (χ4n) is 3.98. The molecule has 1 saturated heterocycles. The Morgan fingerprint density at radius 3 is 2.94 bits per heavy atom. The van der Waals surface area contributed by atoms with Gasteiger partial charge in [-0.15, -0.1) is 0 Å². The van der Waals surface area contributed by atoms with Crippen LogP contribution in [0.25, 0.3) is 10.9 Å². The van der Waals surface area contributed by atoms with Crippen LogP contribution in [0.3, 0.4) is 0 Å². The van der Waals surface area contributed by atoms with Gasteiger partial charge in [0.15, 0.2) is 0 Å². The van der Waals surface area contributed by atoms with Gasteiger partial charge in [-0.2, -0.15) is 0 Å². The minimum Gasteiger partial charge on any atom is -0.347 e.